The summed E-state index contributed by atoms with van der Waals surface area (Å²) < 4.78 is 15.2. The lowest BCUT2D eigenvalue weighted by Gasteiger charge is -2.11. The second-order valence-electron chi connectivity index (χ2n) is 15.8. The van der Waals surface area contributed by atoms with Gasteiger partial charge in [0.05, 0.1) is 6.54 Å². The van der Waals surface area contributed by atoms with Gasteiger partial charge < -0.3 is 19.1 Å². The molecule has 6 nitrogen and oxygen atoms in total. The fourth-order valence-corrected chi connectivity index (χ4v) is 8.54. The molecule has 3 heterocycles. The molecule has 9 aromatic rings. The van der Waals surface area contributed by atoms with Crippen molar-refractivity contribution in [3.63, 3.8) is 0 Å². The van der Waals surface area contributed by atoms with Gasteiger partial charge in [0.25, 0.3) is 0 Å². The first-order chi connectivity index (χ1) is 31.8. The van der Waals surface area contributed by atoms with Crippen molar-refractivity contribution in [1.29, 1.82) is 0 Å². The fourth-order valence-electron chi connectivity index (χ4n) is 8.54. The average molecular weight is 845 g/mol. The van der Waals surface area contributed by atoms with E-state index in [1.807, 2.05) is 91.0 Å². The van der Waals surface area contributed by atoms with Crippen LogP contribution in [0.1, 0.15) is 33.6 Å². The zero-order chi connectivity index (χ0) is 45.0. The summed E-state index contributed by atoms with van der Waals surface area (Å²) in [6, 6.07) is 47.3. The van der Waals surface area contributed by atoms with Crippen LogP contribution < -0.4 is 16.4 Å². The SMILES string of the molecule is C=C/C=C\c1c(C)c(C)c(/C=C\C=C)n1-c1ccc2c(c1)oc1cccc(-c3ccc4oc(=C)/c(=C(\C=C)C(N)=NC(=NCc5ccccc5)c5ccc(-c6ccccc6)cc5)c4c3)c12. The number of amidine groups is 2. The Kier molecular flexibility index (Phi) is 11.6. The maximum Gasteiger partial charge on any atom is 0.157 e. The molecule has 2 N–H and O–H groups in total. The molecule has 0 saturated carbocycles. The van der Waals surface area contributed by atoms with Crippen LogP contribution in [0.15, 0.2) is 208 Å². The summed E-state index contributed by atoms with van der Waals surface area (Å²) in [7, 11) is 0. The van der Waals surface area contributed by atoms with Gasteiger partial charge in [-0.2, -0.15) is 0 Å². The van der Waals surface area contributed by atoms with E-state index < -0.39 is 0 Å². The molecular weight excluding hydrogens is 797 g/mol. The van der Waals surface area contributed by atoms with E-state index in [1.54, 1.807) is 18.2 Å². The Labute approximate surface area is 378 Å². The van der Waals surface area contributed by atoms with Crippen LogP contribution in [-0.4, -0.2) is 16.2 Å². The molecule has 0 fully saturated rings. The first-order valence-corrected chi connectivity index (χ1v) is 21.5. The molecular formula is C59H48N4O2. The molecule has 316 valence electrons. The molecule has 0 amide bonds. The van der Waals surface area contributed by atoms with Crippen LogP contribution in [0.5, 0.6) is 0 Å². The van der Waals surface area contributed by atoms with Gasteiger partial charge in [-0.05, 0) is 95.3 Å². The number of hydrogen-bond donors (Lipinski definition) is 1. The number of hydrogen-bond acceptors (Lipinski definition) is 3. The second kappa shape index (κ2) is 18.1. The standard InChI is InChI=1S/C59H48N4O2/c1-7-10-24-51-38(4)39(5)52(25-11-8-2)63(51)46-32-33-49-55(36-46)65-54-26-18-23-48(57(49)54)45-31-34-53-50(35-45)56(40(6)64-53)47(9-3)58(60)62-59(61-37-41-19-14-12-15-20-41)44-29-27-43(28-30-44)42-21-16-13-17-22-42/h7-36H,1-3,6,37H2,4-5H3,(H2,60,61,62)/b24-10-,25-11-,56-47-. The molecule has 0 aliphatic rings. The van der Waals surface area contributed by atoms with Crippen molar-refractivity contribution < 1.29 is 8.83 Å². The maximum absolute atomic E-state index is 6.97. The Hall–Kier alpha value is -8.48. The van der Waals surface area contributed by atoms with Gasteiger partial charge in [-0.3, -0.25) is 4.99 Å². The Balaban J connectivity index is 1.15. The molecule has 9 rings (SSSR count). The van der Waals surface area contributed by atoms with E-state index in [0.717, 1.165) is 77.8 Å². The second-order valence-corrected chi connectivity index (χ2v) is 15.8. The Morgan fingerprint density at radius 3 is 1.98 bits per heavy atom. The lowest BCUT2D eigenvalue weighted by atomic mass is 9.97. The van der Waals surface area contributed by atoms with E-state index in [4.69, 9.17) is 24.6 Å². The normalized spacial score (nSPS) is 12.8. The summed E-state index contributed by atoms with van der Waals surface area (Å²) in [5.74, 6) is 0.747. The molecule has 0 saturated heterocycles. The van der Waals surface area contributed by atoms with E-state index in [0.29, 0.717) is 34.2 Å². The van der Waals surface area contributed by atoms with Crippen LogP contribution in [0.2, 0.25) is 0 Å². The van der Waals surface area contributed by atoms with Crippen LogP contribution >= 0.6 is 0 Å². The fraction of sp³-hybridized carbons (Fsp3) is 0.0508. The molecule has 0 unspecified atom stereocenters. The van der Waals surface area contributed by atoms with Crippen LogP contribution in [0.3, 0.4) is 0 Å². The zero-order valence-corrected chi connectivity index (χ0v) is 36.6. The summed E-state index contributed by atoms with van der Waals surface area (Å²) in [6.45, 7) is 21.0. The van der Waals surface area contributed by atoms with E-state index in [-0.39, 0.29) is 5.84 Å². The number of allylic oxidation sites excluding steroid dienone is 4. The smallest absolute Gasteiger partial charge is 0.157 e. The molecule has 0 aliphatic carbocycles. The monoisotopic (exact) mass is 844 g/mol. The Morgan fingerprint density at radius 2 is 1.31 bits per heavy atom. The van der Waals surface area contributed by atoms with Crippen molar-refractivity contribution in [1.82, 2.24) is 4.57 Å². The number of aliphatic imine (C=N–C) groups is 2. The zero-order valence-electron chi connectivity index (χ0n) is 36.6. The molecule has 0 radical (unpaired) electrons. The van der Waals surface area contributed by atoms with Gasteiger partial charge in [0, 0.05) is 55.7 Å². The van der Waals surface area contributed by atoms with Gasteiger partial charge in [-0.25, -0.2) is 4.99 Å². The lowest BCUT2D eigenvalue weighted by Crippen LogP contribution is -2.28. The molecule has 0 bridgehead atoms. The Bertz CT molecular complexity index is 3500. The predicted molar refractivity (Wildman–Crippen MR) is 275 cm³/mol. The van der Waals surface area contributed by atoms with Crippen molar-refractivity contribution >= 4 is 68.9 Å². The van der Waals surface area contributed by atoms with Crippen LogP contribution in [0, 0.1) is 13.8 Å². The predicted octanol–water partition coefficient (Wildman–Crippen LogP) is 13.2. The summed E-state index contributed by atoms with van der Waals surface area (Å²) in [5, 5.41) is 3.57. The van der Waals surface area contributed by atoms with Gasteiger partial charge in [0.1, 0.15) is 28.0 Å². The number of benzene rings is 6. The van der Waals surface area contributed by atoms with E-state index >= 15 is 0 Å². The van der Waals surface area contributed by atoms with Crippen molar-refractivity contribution in [3.8, 4) is 27.9 Å². The third-order valence-corrected chi connectivity index (χ3v) is 11.9. The van der Waals surface area contributed by atoms with Crippen molar-refractivity contribution in [3.05, 3.63) is 234 Å². The minimum absolute atomic E-state index is 0.245. The van der Waals surface area contributed by atoms with E-state index in [2.05, 4.69) is 118 Å². The van der Waals surface area contributed by atoms with Gasteiger partial charge in [0.15, 0.2) is 5.84 Å². The minimum Gasteiger partial charge on any atom is -0.457 e. The summed E-state index contributed by atoms with van der Waals surface area (Å²) in [6.07, 6.45) is 13.4. The van der Waals surface area contributed by atoms with Gasteiger partial charge in [-0.15, -0.1) is 0 Å². The third-order valence-electron chi connectivity index (χ3n) is 11.9. The number of furan rings is 2. The quantitative estimate of drug-likeness (QED) is 0.0755. The molecule has 0 aliphatic heterocycles. The van der Waals surface area contributed by atoms with Crippen LogP contribution in [0.4, 0.5) is 0 Å². The molecule has 65 heavy (non-hydrogen) atoms. The topological polar surface area (TPSA) is 82.0 Å². The summed E-state index contributed by atoms with van der Waals surface area (Å²) >= 11 is 0. The highest BCUT2D eigenvalue weighted by Gasteiger charge is 2.19. The van der Waals surface area contributed by atoms with Gasteiger partial charge in [-0.1, -0.05) is 160 Å². The van der Waals surface area contributed by atoms with Crippen LogP contribution in [0.25, 0.3) is 85.2 Å². The van der Waals surface area contributed by atoms with E-state index in [1.165, 1.54) is 11.1 Å². The largest absolute Gasteiger partial charge is 0.457 e. The first-order valence-electron chi connectivity index (χ1n) is 21.5. The first kappa shape index (κ1) is 41.9. The number of aromatic nitrogens is 1. The summed E-state index contributed by atoms with van der Waals surface area (Å²) in [4.78, 5) is 9.99. The van der Waals surface area contributed by atoms with Crippen molar-refractivity contribution in [2.45, 2.75) is 20.4 Å². The lowest BCUT2D eigenvalue weighted by molar-refractivity contribution is 0.577. The van der Waals surface area contributed by atoms with Gasteiger partial charge in [0.2, 0.25) is 0 Å². The van der Waals surface area contributed by atoms with Crippen LogP contribution in [-0.2, 0) is 6.54 Å². The highest BCUT2D eigenvalue weighted by Crippen LogP contribution is 2.39. The molecule has 6 heteroatoms. The Morgan fingerprint density at radius 1 is 0.646 bits per heavy atom. The number of fused-ring (bicyclic) bond motifs is 4. The number of nitrogens with two attached hydrogens (primary N) is 1. The minimum atomic E-state index is 0.245. The maximum atomic E-state index is 6.97. The highest BCUT2D eigenvalue weighted by molar-refractivity contribution is 6.25. The third kappa shape index (κ3) is 8.05. The number of nitrogens with zero attached hydrogens (tertiary/aromatic N) is 3. The summed E-state index contributed by atoms with van der Waals surface area (Å²) in [5.41, 5.74) is 21.9. The van der Waals surface area contributed by atoms with Crippen molar-refractivity contribution in [2.24, 2.45) is 15.7 Å². The molecule has 0 atom stereocenters. The van der Waals surface area contributed by atoms with Crippen molar-refractivity contribution in [2.75, 3.05) is 0 Å². The van der Waals surface area contributed by atoms with Gasteiger partial charge >= 0.3 is 0 Å². The average Bonchev–Trinajstić information content (AvgIpc) is 3.96. The molecule has 0 spiro atoms. The molecule has 6 aromatic carbocycles. The van der Waals surface area contributed by atoms with E-state index in [9.17, 15) is 0 Å². The number of rotatable bonds is 12. The molecule has 3 aromatic heterocycles. The highest BCUT2D eigenvalue weighted by atomic mass is 16.3.